The van der Waals surface area contributed by atoms with Crippen LogP contribution in [0.15, 0.2) is 48.5 Å². The molecule has 0 radical (unpaired) electrons. The number of aromatic carboxylic acids is 1. The van der Waals surface area contributed by atoms with Gasteiger partial charge in [-0.1, -0.05) is 24.3 Å². The number of nitrogens with one attached hydrogen (secondary N) is 2. The van der Waals surface area contributed by atoms with Crippen LogP contribution in [0, 0.1) is 0 Å². The fourth-order valence-corrected chi connectivity index (χ4v) is 2.19. The summed E-state index contributed by atoms with van der Waals surface area (Å²) in [5.74, 6) is -1.12. The predicted molar refractivity (Wildman–Crippen MR) is 73.7 cm³/mol. The Morgan fingerprint density at radius 2 is 1.70 bits per heavy atom. The molecule has 5 nitrogen and oxygen atoms in total. The lowest BCUT2D eigenvalue weighted by atomic mass is 10.0. The van der Waals surface area contributed by atoms with Gasteiger partial charge in [0.05, 0.1) is 11.1 Å². The van der Waals surface area contributed by atoms with Gasteiger partial charge in [-0.2, -0.15) is 0 Å². The number of fused-ring (bicyclic) bond motifs is 1. The Morgan fingerprint density at radius 3 is 2.40 bits per heavy atom. The summed E-state index contributed by atoms with van der Waals surface area (Å²) in [6.45, 7) is 0. The summed E-state index contributed by atoms with van der Waals surface area (Å²) >= 11 is 0. The van der Waals surface area contributed by atoms with Crippen LogP contribution in [0.5, 0.6) is 0 Å². The average molecular weight is 268 g/mol. The van der Waals surface area contributed by atoms with Crippen LogP contribution in [-0.2, 0) is 0 Å². The van der Waals surface area contributed by atoms with Crippen molar-refractivity contribution in [1.82, 2.24) is 5.32 Å². The standard InChI is InChI=1S/C15H12N2O3/c18-14-11-3-1-2-4-12(11)16-13(17-14)9-5-7-10(8-6-9)15(19)20/h1-8,13,16H,(H,17,18)(H,19,20)/t13-/m1/s1. The lowest BCUT2D eigenvalue weighted by Crippen LogP contribution is -2.38. The first-order valence-corrected chi connectivity index (χ1v) is 6.15. The number of para-hydroxylation sites is 1. The number of carbonyl (C=O) groups is 2. The molecule has 0 aromatic heterocycles. The summed E-state index contributed by atoms with van der Waals surface area (Å²) in [5, 5.41) is 14.9. The van der Waals surface area contributed by atoms with Gasteiger partial charge in [0.25, 0.3) is 5.91 Å². The maximum absolute atomic E-state index is 12.0. The molecule has 0 fully saturated rings. The summed E-state index contributed by atoms with van der Waals surface area (Å²) in [6, 6.07) is 13.7. The zero-order valence-corrected chi connectivity index (χ0v) is 10.5. The largest absolute Gasteiger partial charge is 0.478 e. The van der Waals surface area contributed by atoms with E-state index in [1.807, 2.05) is 18.2 Å². The number of hydrogen-bond acceptors (Lipinski definition) is 3. The van der Waals surface area contributed by atoms with Crippen LogP contribution in [0.3, 0.4) is 0 Å². The number of amides is 1. The van der Waals surface area contributed by atoms with Crippen LogP contribution in [0.1, 0.15) is 32.4 Å². The quantitative estimate of drug-likeness (QED) is 0.780. The van der Waals surface area contributed by atoms with Crippen LogP contribution < -0.4 is 10.6 Å². The second-order valence-corrected chi connectivity index (χ2v) is 4.52. The maximum Gasteiger partial charge on any atom is 0.335 e. The SMILES string of the molecule is O=C(O)c1ccc([C@H]2NC(=O)c3ccccc3N2)cc1. The van der Waals surface area contributed by atoms with Crippen molar-refractivity contribution in [2.75, 3.05) is 5.32 Å². The van der Waals surface area contributed by atoms with E-state index in [1.165, 1.54) is 12.1 Å². The number of carboxylic acids is 1. The molecule has 0 saturated heterocycles. The molecule has 0 bridgehead atoms. The molecule has 1 heterocycles. The zero-order chi connectivity index (χ0) is 14.1. The van der Waals surface area contributed by atoms with Crippen LogP contribution in [-0.4, -0.2) is 17.0 Å². The van der Waals surface area contributed by atoms with E-state index in [-0.39, 0.29) is 17.6 Å². The molecule has 0 unspecified atom stereocenters. The fraction of sp³-hybridized carbons (Fsp3) is 0.0667. The van der Waals surface area contributed by atoms with Gasteiger partial charge >= 0.3 is 5.97 Å². The van der Waals surface area contributed by atoms with Crippen molar-refractivity contribution in [2.45, 2.75) is 6.17 Å². The van der Waals surface area contributed by atoms with Crippen molar-refractivity contribution in [3.8, 4) is 0 Å². The van der Waals surface area contributed by atoms with Gasteiger partial charge in [-0.05, 0) is 29.8 Å². The molecular formula is C15H12N2O3. The van der Waals surface area contributed by atoms with Gasteiger partial charge in [0.15, 0.2) is 0 Å². The van der Waals surface area contributed by atoms with E-state index in [9.17, 15) is 9.59 Å². The molecule has 3 N–H and O–H groups in total. The van der Waals surface area contributed by atoms with Crippen molar-refractivity contribution in [3.05, 3.63) is 65.2 Å². The monoisotopic (exact) mass is 268 g/mol. The van der Waals surface area contributed by atoms with Crippen molar-refractivity contribution >= 4 is 17.6 Å². The van der Waals surface area contributed by atoms with E-state index >= 15 is 0 Å². The minimum atomic E-state index is -0.970. The second-order valence-electron chi connectivity index (χ2n) is 4.52. The summed E-state index contributed by atoms with van der Waals surface area (Å²) in [6.07, 6.45) is -0.361. The van der Waals surface area contributed by atoms with Crippen molar-refractivity contribution in [3.63, 3.8) is 0 Å². The van der Waals surface area contributed by atoms with Crippen LogP contribution >= 0.6 is 0 Å². The molecule has 1 aliphatic heterocycles. The number of hydrogen-bond donors (Lipinski definition) is 3. The highest BCUT2D eigenvalue weighted by Gasteiger charge is 2.23. The molecule has 1 aliphatic rings. The maximum atomic E-state index is 12.0. The van der Waals surface area contributed by atoms with E-state index in [1.54, 1.807) is 18.2 Å². The molecule has 5 heteroatoms. The van der Waals surface area contributed by atoms with Gasteiger partial charge in [0.1, 0.15) is 6.17 Å². The van der Waals surface area contributed by atoms with Crippen LogP contribution in [0.4, 0.5) is 5.69 Å². The molecule has 0 saturated carbocycles. The number of carboxylic acid groups (broad SMARTS) is 1. The lowest BCUT2D eigenvalue weighted by molar-refractivity contribution is 0.0696. The molecule has 2 aromatic rings. The normalized spacial score (nSPS) is 16.8. The smallest absolute Gasteiger partial charge is 0.335 e. The molecule has 1 amide bonds. The van der Waals surface area contributed by atoms with Gasteiger partial charge < -0.3 is 15.7 Å². The minimum Gasteiger partial charge on any atom is -0.478 e. The van der Waals surface area contributed by atoms with E-state index in [0.29, 0.717) is 5.56 Å². The fourth-order valence-electron chi connectivity index (χ4n) is 2.19. The average Bonchev–Trinajstić information content (AvgIpc) is 2.47. The third kappa shape index (κ3) is 2.09. The molecule has 3 rings (SSSR count). The molecular weight excluding hydrogens is 256 g/mol. The molecule has 0 spiro atoms. The van der Waals surface area contributed by atoms with Gasteiger partial charge in [-0.3, -0.25) is 4.79 Å². The van der Waals surface area contributed by atoms with Gasteiger partial charge in [-0.15, -0.1) is 0 Å². The van der Waals surface area contributed by atoms with E-state index in [0.717, 1.165) is 11.3 Å². The Bertz CT molecular complexity index is 680. The Hall–Kier alpha value is -2.82. The molecule has 1 atom stereocenters. The van der Waals surface area contributed by atoms with Crippen molar-refractivity contribution < 1.29 is 14.7 Å². The highest BCUT2D eigenvalue weighted by Crippen LogP contribution is 2.26. The molecule has 100 valence electrons. The first-order valence-electron chi connectivity index (χ1n) is 6.15. The minimum absolute atomic E-state index is 0.147. The molecule has 0 aliphatic carbocycles. The highest BCUT2D eigenvalue weighted by molar-refractivity contribution is 6.01. The van der Waals surface area contributed by atoms with Gasteiger partial charge in [-0.25, -0.2) is 4.79 Å². The van der Waals surface area contributed by atoms with Gasteiger partial charge in [0, 0.05) is 5.69 Å². The third-order valence-electron chi connectivity index (χ3n) is 3.24. The first-order chi connectivity index (χ1) is 9.65. The summed E-state index contributed by atoms with van der Waals surface area (Å²) in [4.78, 5) is 22.8. The van der Waals surface area contributed by atoms with E-state index in [4.69, 9.17) is 5.11 Å². The van der Waals surface area contributed by atoms with E-state index < -0.39 is 5.97 Å². The van der Waals surface area contributed by atoms with E-state index in [2.05, 4.69) is 10.6 Å². The second kappa shape index (κ2) is 4.70. The number of benzene rings is 2. The van der Waals surface area contributed by atoms with Crippen molar-refractivity contribution in [2.24, 2.45) is 0 Å². The Kier molecular flexibility index (Phi) is 2.87. The summed E-state index contributed by atoms with van der Waals surface area (Å²) in [5.41, 5.74) is 2.39. The predicted octanol–water partition coefficient (Wildman–Crippen LogP) is 2.24. The van der Waals surface area contributed by atoms with Crippen LogP contribution in [0.25, 0.3) is 0 Å². The molecule has 2 aromatic carbocycles. The van der Waals surface area contributed by atoms with Crippen LogP contribution in [0.2, 0.25) is 0 Å². The first kappa shape index (κ1) is 12.2. The van der Waals surface area contributed by atoms with Gasteiger partial charge in [0.2, 0.25) is 0 Å². The zero-order valence-electron chi connectivity index (χ0n) is 10.5. The van der Waals surface area contributed by atoms with Crippen molar-refractivity contribution in [1.29, 1.82) is 0 Å². The number of carbonyl (C=O) groups excluding carboxylic acids is 1. The Balaban J connectivity index is 1.90. The summed E-state index contributed by atoms with van der Waals surface area (Å²) in [7, 11) is 0. The number of rotatable bonds is 2. The Morgan fingerprint density at radius 1 is 1.00 bits per heavy atom. The Labute approximate surface area is 115 Å². The summed E-state index contributed by atoms with van der Waals surface area (Å²) < 4.78 is 0. The lowest BCUT2D eigenvalue weighted by Gasteiger charge is -2.28. The number of anilines is 1. The topological polar surface area (TPSA) is 78.4 Å². The third-order valence-corrected chi connectivity index (χ3v) is 3.24. The molecule has 20 heavy (non-hydrogen) atoms. The highest BCUT2D eigenvalue weighted by atomic mass is 16.4.